The second-order valence-corrected chi connectivity index (χ2v) is 2.89. The first-order valence-corrected chi connectivity index (χ1v) is 3.68. The van der Waals surface area contributed by atoms with E-state index in [0.717, 1.165) is 6.07 Å². The third kappa shape index (κ3) is 1.75. The van der Waals surface area contributed by atoms with Crippen molar-refractivity contribution in [3.8, 4) is 0 Å². The summed E-state index contributed by atoms with van der Waals surface area (Å²) in [6.07, 6.45) is 0. The normalized spacial score (nSPS) is 10.2. The van der Waals surface area contributed by atoms with Crippen LogP contribution in [0.15, 0.2) is 16.6 Å². The van der Waals surface area contributed by atoms with E-state index in [1.165, 1.54) is 6.07 Å². The molecule has 0 spiro atoms. The highest BCUT2D eigenvalue weighted by Gasteiger charge is 2.07. The van der Waals surface area contributed by atoms with E-state index in [9.17, 15) is 8.78 Å². The van der Waals surface area contributed by atoms with Crippen LogP contribution in [-0.2, 0) is 6.61 Å². The first kappa shape index (κ1) is 8.62. The molecule has 0 saturated carbocycles. The first-order chi connectivity index (χ1) is 5.15. The van der Waals surface area contributed by atoms with Crippen molar-refractivity contribution >= 4 is 15.9 Å². The van der Waals surface area contributed by atoms with Gasteiger partial charge in [0.1, 0.15) is 0 Å². The van der Waals surface area contributed by atoms with Crippen LogP contribution in [0.25, 0.3) is 0 Å². The van der Waals surface area contributed by atoms with E-state index < -0.39 is 11.6 Å². The summed E-state index contributed by atoms with van der Waals surface area (Å²) in [6.45, 7) is -0.296. The summed E-state index contributed by atoms with van der Waals surface area (Å²) in [7, 11) is 0. The fourth-order valence-electron chi connectivity index (χ4n) is 0.699. The third-order valence-corrected chi connectivity index (χ3v) is 1.80. The van der Waals surface area contributed by atoms with Gasteiger partial charge >= 0.3 is 0 Å². The van der Waals surface area contributed by atoms with Crippen molar-refractivity contribution < 1.29 is 13.9 Å². The van der Waals surface area contributed by atoms with Gasteiger partial charge in [0.25, 0.3) is 0 Å². The molecule has 1 rings (SSSR count). The zero-order valence-corrected chi connectivity index (χ0v) is 7.03. The largest absolute Gasteiger partial charge is 0.392 e. The van der Waals surface area contributed by atoms with Crippen molar-refractivity contribution in [2.24, 2.45) is 0 Å². The van der Waals surface area contributed by atoms with Crippen LogP contribution in [0.5, 0.6) is 0 Å². The Morgan fingerprint density at radius 2 is 2.00 bits per heavy atom. The molecule has 0 radical (unpaired) electrons. The summed E-state index contributed by atoms with van der Waals surface area (Å²) in [6, 6.07) is 2.29. The van der Waals surface area contributed by atoms with Crippen molar-refractivity contribution in [1.29, 1.82) is 0 Å². The van der Waals surface area contributed by atoms with Gasteiger partial charge in [0, 0.05) is 0 Å². The Bertz CT molecular complexity index is 252. The summed E-state index contributed by atoms with van der Waals surface area (Å²) in [5.41, 5.74) is 0.343. The van der Waals surface area contributed by atoms with Crippen molar-refractivity contribution in [2.45, 2.75) is 6.61 Å². The van der Waals surface area contributed by atoms with Crippen LogP contribution < -0.4 is 0 Å². The topological polar surface area (TPSA) is 20.2 Å². The highest BCUT2D eigenvalue weighted by Crippen LogP contribution is 2.20. The lowest BCUT2D eigenvalue weighted by Crippen LogP contribution is -1.90. The molecule has 0 saturated heterocycles. The van der Waals surface area contributed by atoms with E-state index in [1.807, 2.05) is 0 Å². The SMILES string of the molecule is OCc1cc(F)c(F)c(Br)c1. The molecule has 1 aromatic rings. The Balaban J connectivity index is 3.21. The van der Waals surface area contributed by atoms with E-state index in [2.05, 4.69) is 15.9 Å². The fraction of sp³-hybridized carbons (Fsp3) is 0.143. The van der Waals surface area contributed by atoms with Gasteiger partial charge in [-0.25, -0.2) is 8.78 Å². The summed E-state index contributed by atoms with van der Waals surface area (Å²) < 4.78 is 25.1. The van der Waals surface area contributed by atoms with Crippen LogP contribution in [0.1, 0.15) is 5.56 Å². The lowest BCUT2D eigenvalue weighted by molar-refractivity contribution is 0.280. The van der Waals surface area contributed by atoms with Gasteiger partial charge in [-0.05, 0) is 33.6 Å². The molecular formula is C7H5BrF2O. The second kappa shape index (κ2) is 3.28. The first-order valence-electron chi connectivity index (χ1n) is 2.89. The average molecular weight is 223 g/mol. The summed E-state index contributed by atoms with van der Waals surface area (Å²) in [4.78, 5) is 0. The summed E-state index contributed by atoms with van der Waals surface area (Å²) >= 11 is 2.81. The molecule has 0 aliphatic heterocycles. The van der Waals surface area contributed by atoms with Gasteiger partial charge in [-0.2, -0.15) is 0 Å². The van der Waals surface area contributed by atoms with Gasteiger partial charge < -0.3 is 5.11 Å². The molecule has 1 aromatic carbocycles. The van der Waals surface area contributed by atoms with Crippen LogP contribution in [0.4, 0.5) is 8.78 Å². The zero-order valence-electron chi connectivity index (χ0n) is 5.44. The zero-order chi connectivity index (χ0) is 8.43. The molecule has 0 heterocycles. The van der Waals surface area contributed by atoms with Gasteiger partial charge in [0.2, 0.25) is 0 Å². The van der Waals surface area contributed by atoms with Crippen LogP contribution in [0.3, 0.4) is 0 Å². The quantitative estimate of drug-likeness (QED) is 0.723. The molecule has 0 bridgehead atoms. The lowest BCUT2D eigenvalue weighted by Gasteiger charge is -1.99. The van der Waals surface area contributed by atoms with Crippen molar-refractivity contribution in [2.75, 3.05) is 0 Å². The predicted octanol–water partition coefficient (Wildman–Crippen LogP) is 2.22. The van der Waals surface area contributed by atoms with E-state index >= 15 is 0 Å². The van der Waals surface area contributed by atoms with Crippen molar-refractivity contribution in [3.05, 3.63) is 33.8 Å². The van der Waals surface area contributed by atoms with Crippen LogP contribution in [-0.4, -0.2) is 5.11 Å². The number of hydrogen-bond acceptors (Lipinski definition) is 1. The molecule has 1 nitrogen and oxygen atoms in total. The number of aliphatic hydroxyl groups excluding tert-OH is 1. The number of benzene rings is 1. The molecule has 0 atom stereocenters. The Morgan fingerprint density at radius 1 is 1.36 bits per heavy atom. The maximum atomic E-state index is 12.5. The number of halogens is 3. The predicted molar refractivity (Wildman–Crippen MR) is 40.0 cm³/mol. The third-order valence-electron chi connectivity index (χ3n) is 1.23. The molecule has 0 unspecified atom stereocenters. The van der Waals surface area contributed by atoms with Crippen LogP contribution in [0.2, 0.25) is 0 Å². The van der Waals surface area contributed by atoms with Crippen molar-refractivity contribution in [3.63, 3.8) is 0 Å². The van der Waals surface area contributed by atoms with Gasteiger partial charge in [0.15, 0.2) is 11.6 Å². The molecule has 0 fully saturated rings. The van der Waals surface area contributed by atoms with E-state index in [4.69, 9.17) is 5.11 Å². The minimum absolute atomic E-state index is 0.0292. The Hall–Kier alpha value is -0.480. The van der Waals surface area contributed by atoms with Gasteiger partial charge in [-0.1, -0.05) is 0 Å². The summed E-state index contributed by atoms with van der Waals surface area (Å²) in [5.74, 6) is -1.88. The van der Waals surface area contributed by atoms with E-state index in [0.29, 0.717) is 5.56 Å². The molecule has 4 heteroatoms. The highest BCUT2D eigenvalue weighted by atomic mass is 79.9. The molecule has 0 aromatic heterocycles. The summed E-state index contributed by atoms with van der Waals surface area (Å²) in [5, 5.41) is 8.57. The Kier molecular flexibility index (Phi) is 2.57. The molecule has 1 N–H and O–H groups in total. The minimum Gasteiger partial charge on any atom is -0.392 e. The fourth-order valence-corrected chi connectivity index (χ4v) is 1.18. The van der Waals surface area contributed by atoms with Gasteiger partial charge in [-0.15, -0.1) is 0 Å². The molecule has 60 valence electrons. The number of hydrogen-bond donors (Lipinski definition) is 1. The second-order valence-electron chi connectivity index (χ2n) is 2.03. The smallest absolute Gasteiger partial charge is 0.172 e. The van der Waals surface area contributed by atoms with Gasteiger partial charge in [0.05, 0.1) is 11.1 Å². The van der Waals surface area contributed by atoms with Crippen LogP contribution in [0, 0.1) is 11.6 Å². The van der Waals surface area contributed by atoms with E-state index in [1.54, 1.807) is 0 Å². The Labute approximate surface area is 70.8 Å². The molecule has 0 aliphatic rings. The lowest BCUT2D eigenvalue weighted by atomic mass is 10.2. The van der Waals surface area contributed by atoms with Crippen LogP contribution >= 0.6 is 15.9 Å². The highest BCUT2D eigenvalue weighted by molar-refractivity contribution is 9.10. The number of aliphatic hydroxyl groups is 1. The molecule has 0 amide bonds. The van der Waals surface area contributed by atoms with E-state index in [-0.39, 0.29) is 11.1 Å². The van der Waals surface area contributed by atoms with Crippen molar-refractivity contribution in [1.82, 2.24) is 0 Å². The monoisotopic (exact) mass is 222 g/mol. The molecular weight excluding hydrogens is 218 g/mol. The Morgan fingerprint density at radius 3 is 2.45 bits per heavy atom. The minimum atomic E-state index is -0.955. The number of rotatable bonds is 1. The maximum Gasteiger partial charge on any atom is 0.172 e. The average Bonchev–Trinajstić information content (AvgIpc) is 1.99. The molecule has 11 heavy (non-hydrogen) atoms. The molecule has 0 aliphatic carbocycles. The standard InChI is InChI=1S/C7H5BrF2O/c8-5-1-4(3-11)2-6(9)7(5)10/h1-2,11H,3H2. The van der Waals surface area contributed by atoms with Gasteiger partial charge in [-0.3, -0.25) is 0 Å². The maximum absolute atomic E-state index is 12.5.